The molecule has 1 aliphatic heterocycles. The highest BCUT2D eigenvalue weighted by atomic mass is 19.1. The first kappa shape index (κ1) is 16.1. The van der Waals surface area contributed by atoms with E-state index in [1.54, 1.807) is 19.1 Å². The summed E-state index contributed by atoms with van der Waals surface area (Å²) >= 11 is 0. The Balaban J connectivity index is 1.69. The van der Waals surface area contributed by atoms with Gasteiger partial charge >= 0.3 is 0 Å². The lowest BCUT2D eigenvalue weighted by Crippen LogP contribution is -2.28. The molecule has 1 heterocycles. The van der Waals surface area contributed by atoms with E-state index in [1.807, 2.05) is 0 Å². The summed E-state index contributed by atoms with van der Waals surface area (Å²) in [5.74, 6) is -1.86. The number of hydrogen-bond donors (Lipinski definition) is 1. The van der Waals surface area contributed by atoms with E-state index in [9.17, 15) is 18.4 Å². The molecule has 0 bridgehead atoms. The molecule has 2 aromatic carbocycles. The molecule has 1 atom stereocenters. The van der Waals surface area contributed by atoms with Crippen LogP contribution in [0, 0.1) is 24.5 Å². The van der Waals surface area contributed by atoms with Crippen LogP contribution < -0.4 is 10.2 Å². The molecule has 6 heteroatoms. The quantitative estimate of drug-likeness (QED) is 0.939. The van der Waals surface area contributed by atoms with E-state index >= 15 is 0 Å². The predicted octanol–water partition coefficient (Wildman–Crippen LogP) is 3.26. The molecule has 0 saturated carbocycles. The Hall–Kier alpha value is -2.76. The van der Waals surface area contributed by atoms with Crippen LogP contribution in [0.25, 0.3) is 0 Å². The Morgan fingerprint density at radius 3 is 2.54 bits per heavy atom. The molecule has 0 radical (unpaired) electrons. The monoisotopic (exact) mass is 330 g/mol. The van der Waals surface area contributed by atoms with E-state index in [2.05, 4.69) is 5.32 Å². The molecule has 124 valence electrons. The minimum absolute atomic E-state index is 0.0670. The van der Waals surface area contributed by atoms with Crippen molar-refractivity contribution in [1.29, 1.82) is 0 Å². The van der Waals surface area contributed by atoms with E-state index in [0.29, 0.717) is 16.9 Å². The summed E-state index contributed by atoms with van der Waals surface area (Å²) in [5, 5.41) is 2.64. The third-order valence-corrected chi connectivity index (χ3v) is 4.07. The van der Waals surface area contributed by atoms with Gasteiger partial charge in [0.1, 0.15) is 11.6 Å². The number of rotatable bonds is 3. The normalized spacial score (nSPS) is 17.2. The van der Waals surface area contributed by atoms with Crippen LogP contribution in [0.5, 0.6) is 0 Å². The van der Waals surface area contributed by atoms with Gasteiger partial charge in [-0.2, -0.15) is 0 Å². The van der Waals surface area contributed by atoms with Crippen molar-refractivity contribution in [2.24, 2.45) is 5.92 Å². The van der Waals surface area contributed by atoms with Gasteiger partial charge in [0, 0.05) is 24.3 Å². The third kappa shape index (κ3) is 3.27. The van der Waals surface area contributed by atoms with E-state index in [4.69, 9.17) is 0 Å². The highest BCUT2D eigenvalue weighted by Crippen LogP contribution is 2.26. The topological polar surface area (TPSA) is 49.4 Å². The lowest BCUT2D eigenvalue weighted by atomic mass is 10.1. The summed E-state index contributed by atoms with van der Waals surface area (Å²) < 4.78 is 26.5. The van der Waals surface area contributed by atoms with Crippen LogP contribution >= 0.6 is 0 Å². The van der Waals surface area contributed by atoms with Gasteiger partial charge in [0.05, 0.1) is 5.92 Å². The Bertz CT molecular complexity index is 790. The van der Waals surface area contributed by atoms with Crippen molar-refractivity contribution < 1.29 is 18.4 Å². The number of amides is 2. The number of aryl methyl sites for hydroxylation is 1. The van der Waals surface area contributed by atoms with Crippen LogP contribution in [0.3, 0.4) is 0 Å². The molecular formula is C18H16F2N2O2. The fourth-order valence-electron chi connectivity index (χ4n) is 2.67. The van der Waals surface area contributed by atoms with Crippen LogP contribution in [0.15, 0.2) is 42.5 Å². The summed E-state index contributed by atoms with van der Waals surface area (Å²) in [6.45, 7) is 1.85. The third-order valence-electron chi connectivity index (χ3n) is 4.07. The summed E-state index contributed by atoms with van der Waals surface area (Å²) in [4.78, 5) is 25.9. The molecule has 0 aliphatic carbocycles. The van der Waals surface area contributed by atoms with Crippen molar-refractivity contribution in [1.82, 2.24) is 0 Å². The molecule has 2 amide bonds. The predicted molar refractivity (Wildman–Crippen MR) is 86.6 cm³/mol. The number of carbonyl (C=O) groups is 2. The van der Waals surface area contributed by atoms with Gasteiger partial charge in [-0.05, 0) is 48.9 Å². The Morgan fingerprint density at radius 1 is 1.17 bits per heavy atom. The van der Waals surface area contributed by atoms with Gasteiger partial charge in [0.15, 0.2) is 0 Å². The van der Waals surface area contributed by atoms with E-state index < -0.39 is 11.7 Å². The smallest absolute Gasteiger partial charge is 0.229 e. The highest BCUT2D eigenvalue weighted by Gasteiger charge is 2.35. The van der Waals surface area contributed by atoms with Crippen LogP contribution in [0.4, 0.5) is 20.2 Å². The zero-order valence-electron chi connectivity index (χ0n) is 13.1. The molecule has 0 aromatic heterocycles. The zero-order valence-corrected chi connectivity index (χ0v) is 13.1. The second kappa shape index (κ2) is 6.39. The van der Waals surface area contributed by atoms with Gasteiger partial charge in [0.25, 0.3) is 0 Å². The Kier molecular flexibility index (Phi) is 4.29. The van der Waals surface area contributed by atoms with Crippen molar-refractivity contribution in [2.75, 3.05) is 16.8 Å². The Labute approximate surface area is 138 Å². The number of nitrogens with one attached hydrogen (secondary N) is 1. The van der Waals surface area contributed by atoms with Crippen LogP contribution in [-0.2, 0) is 9.59 Å². The molecule has 3 rings (SSSR count). The molecule has 2 aromatic rings. The summed E-state index contributed by atoms with van der Waals surface area (Å²) in [6.07, 6.45) is 0.0670. The van der Waals surface area contributed by atoms with Crippen molar-refractivity contribution in [3.05, 3.63) is 59.7 Å². The van der Waals surface area contributed by atoms with Gasteiger partial charge in [-0.3, -0.25) is 9.59 Å². The zero-order chi connectivity index (χ0) is 17.3. The van der Waals surface area contributed by atoms with Gasteiger partial charge in [-0.15, -0.1) is 0 Å². The SMILES string of the molecule is Cc1ccc(NC(=O)[C@H]2CC(=O)N(c3ccc(F)cc3)C2)cc1F. The van der Waals surface area contributed by atoms with Gasteiger partial charge in [-0.1, -0.05) is 6.07 Å². The summed E-state index contributed by atoms with van der Waals surface area (Å²) in [5.41, 5.74) is 1.40. The molecule has 0 unspecified atom stereocenters. The lowest BCUT2D eigenvalue weighted by Gasteiger charge is -2.16. The molecular weight excluding hydrogens is 314 g/mol. The number of nitrogens with zero attached hydrogens (tertiary/aromatic N) is 1. The second-order valence-corrected chi connectivity index (χ2v) is 5.84. The maximum absolute atomic E-state index is 13.5. The second-order valence-electron chi connectivity index (χ2n) is 5.84. The largest absolute Gasteiger partial charge is 0.326 e. The summed E-state index contributed by atoms with van der Waals surface area (Å²) in [7, 11) is 0. The molecule has 24 heavy (non-hydrogen) atoms. The fraction of sp³-hybridized carbons (Fsp3) is 0.222. The average Bonchev–Trinajstić information content (AvgIpc) is 2.94. The van der Waals surface area contributed by atoms with E-state index in [1.165, 1.54) is 35.2 Å². The molecule has 1 aliphatic rings. The van der Waals surface area contributed by atoms with Crippen LogP contribution in [-0.4, -0.2) is 18.4 Å². The van der Waals surface area contributed by atoms with Crippen molar-refractivity contribution >= 4 is 23.2 Å². The number of halogens is 2. The first-order valence-corrected chi connectivity index (χ1v) is 7.57. The number of benzene rings is 2. The minimum Gasteiger partial charge on any atom is -0.326 e. The molecule has 1 N–H and O–H groups in total. The van der Waals surface area contributed by atoms with Gasteiger partial charge in [0.2, 0.25) is 11.8 Å². The maximum atomic E-state index is 13.5. The number of anilines is 2. The first-order valence-electron chi connectivity index (χ1n) is 7.57. The molecule has 4 nitrogen and oxygen atoms in total. The van der Waals surface area contributed by atoms with Crippen LogP contribution in [0.1, 0.15) is 12.0 Å². The minimum atomic E-state index is -0.535. The maximum Gasteiger partial charge on any atom is 0.229 e. The van der Waals surface area contributed by atoms with E-state index in [0.717, 1.165) is 0 Å². The Morgan fingerprint density at radius 2 is 1.88 bits per heavy atom. The summed E-state index contributed by atoms with van der Waals surface area (Å²) in [6, 6.07) is 9.99. The molecule has 0 spiro atoms. The van der Waals surface area contributed by atoms with Crippen molar-refractivity contribution in [3.63, 3.8) is 0 Å². The highest BCUT2D eigenvalue weighted by molar-refractivity contribution is 6.03. The molecule has 1 fully saturated rings. The van der Waals surface area contributed by atoms with Crippen molar-refractivity contribution in [3.8, 4) is 0 Å². The lowest BCUT2D eigenvalue weighted by molar-refractivity contribution is -0.122. The standard InChI is InChI=1S/C18H16F2N2O2/c1-11-2-5-14(9-16(11)20)21-18(24)12-8-17(23)22(10-12)15-6-3-13(19)4-7-15/h2-7,9,12H,8,10H2,1H3,(H,21,24)/t12-/m0/s1. The fourth-order valence-corrected chi connectivity index (χ4v) is 2.67. The number of hydrogen-bond acceptors (Lipinski definition) is 2. The first-order chi connectivity index (χ1) is 11.4. The van der Waals surface area contributed by atoms with Crippen LogP contribution in [0.2, 0.25) is 0 Å². The van der Waals surface area contributed by atoms with Gasteiger partial charge in [-0.25, -0.2) is 8.78 Å². The van der Waals surface area contributed by atoms with Gasteiger partial charge < -0.3 is 10.2 Å². The molecule has 1 saturated heterocycles. The average molecular weight is 330 g/mol. The number of carbonyl (C=O) groups excluding carboxylic acids is 2. The van der Waals surface area contributed by atoms with Crippen molar-refractivity contribution in [2.45, 2.75) is 13.3 Å². The van der Waals surface area contributed by atoms with E-state index in [-0.39, 0.29) is 30.6 Å².